The number of nitrogens with one attached hydrogen (secondary N) is 1. The van der Waals surface area contributed by atoms with Gasteiger partial charge in [0.05, 0.1) is 11.4 Å². The van der Waals surface area contributed by atoms with E-state index in [1.54, 1.807) is 25.1 Å². The molecule has 1 atom stereocenters. The van der Waals surface area contributed by atoms with Crippen LogP contribution >= 0.6 is 11.6 Å². The van der Waals surface area contributed by atoms with Crippen LogP contribution in [-0.2, 0) is 4.79 Å². The number of carbonyl (C=O) groups excluding carboxylic acids is 2. The van der Waals surface area contributed by atoms with Crippen LogP contribution in [0.2, 0.25) is 5.02 Å². The number of aromatic nitrogens is 1. The molecule has 0 saturated heterocycles. The minimum Gasteiger partial charge on any atom is -0.505 e. The van der Waals surface area contributed by atoms with Crippen molar-refractivity contribution in [3.8, 4) is 5.75 Å². The van der Waals surface area contributed by atoms with E-state index in [-0.39, 0.29) is 16.5 Å². The van der Waals surface area contributed by atoms with Gasteiger partial charge in [-0.15, -0.1) is 0 Å². The molecule has 0 bridgehead atoms. The van der Waals surface area contributed by atoms with Gasteiger partial charge in [0.2, 0.25) is 5.91 Å². The summed E-state index contributed by atoms with van der Waals surface area (Å²) in [6.07, 6.45) is 0. The normalized spacial score (nSPS) is 12.2. The van der Waals surface area contributed by atoms with Crippen LogP contribution in [0.15, 0.2) is 36.4 Å². The molecule has 1 aromatic heterocycles. The van der Waals surface area contributed by atoms with Crippen LogP contribution < -0.4 is 5.32 Å². The molecule has 0 aliphatic rings. The molecule has 146 valence electrons. The Balaban J connectivity index is 2.30. The lowest BCUT2D eigenvalue weighted by Crippen LogP contribution is -2.29. The number of amides is 1. The number of aliphatic hydroxyl groups excluding tert-OH is 1. The lowest BCUT2D eigenvalue weighted by Gasteiger charge is -2.13. The Labute approximate surface area is 165 Å². The largest absolute Gasteiger partial charge is 0.505 e. The zero-order chi connectivity index (χ0) is 20.6. The fourth-order valence-electron chi connectivity index (χ4n) is 3.38. The van der Waals surface area contributed by atoms with Crippen LogP contribution in [0.25, 0.3) is 10.9 Å². The van der Waals surface area contributed by atoms with Crippen molar-refractivity contribution in [2.45, 2.75) is 19.8 Å². The molecule has 0 aliphatic heterocycles. The third kappa shape index (κ3) is 3.23. The first-order valence-corrected chi connectivity index (χ1v) is 8.87. The van der Waals surface area contributed by atoms with Gasteiger partial charge in [-0.2, -0.15) is 0 Å². The molecule has 1 amide bonds. The highest BCUT2D eigenvalue weighted by atomic mass is 35.5. The van der Waals surface area contributed by atoms with E-state index in [2.05, 4.69) is 5.32 Å². The SMILES string of the molecule is Cc1c([C@@H](C)C(=O)NCO)c2c(F)c(O)ccc2n1C(=O)c1cccc(Cl)c1. The highest BCUT2D eigenvalue weighted by Crippen LogP contribution is 2.37. The number of aromatic hydroxyl groups is 1. The number of hydrogen-bond donors (Lipinski definition) is 3. The standard InChI is InChI=1S/C20H18ClFN2O4/c1-10(19(27)23-9-25)16-11(2)24(14-6-7-15(26)18(22)17(14)16)20(28)12-4-3-5-13(21)8-12/h3-8,10,25-26H,9H2,1-2H3,(H,23,27)/t10-/m1/s1. The molecule has 0 radical (unpaired) electrons. The van der Waals surface area contributed by atoms with Crippen molar-refractivity contribution >= 4 is 34.3 Å². The zero-order valence-corrected chi connectivity index (χ0v) is 15.9. The molecule has 3 aromatic rings. The minimum absolute atomic E-state index is 0.0199. The van der Waals surface area contributed by atoms with Crippen molar-refractivity contribution in [1.29, 1.82) is 0 Å². The van der Waals surface area contributed by atoms with Gasteiger partial charge in [-0.3, -0.25) is 14.2 Å². The number of phenolic OH excluding ortho intramolecular Hbond substituents is 1. The quantitative estimate of drug-likeness (QED) is 0.582. The maximum absolute atomic E-state index is 14.8. The van der Waals surface area contributed by atoms with Crippen LogP contribution in [-0.4, -0.2) is 33.3 Å². The van der Waals surface area contributed by atoms with Crippen molar-refractivity contribution in [2.75, 3.05) is 6.73 Å². The third-order valence-corrected chi connectivity index (χ3v) is 4.92. The first-order chi connectivity index (χ1) is 13.3. The van der Waals surface area contributed by atoms with Crippen LogP contribution in [0.3, 0.4) is 0 Å². The summed E-state index contributed by atoms with van der Waals surface area (Å²) < 4.78 is 16.1. The Morgan fingerprint density at radius 3 is 2.64 bits per heavy atom. The van der Waals surface area contributed by atoms with Crippen LogP contribution in [0.4, 0.5) is 4.39 Å². The second kappa shape index (κ2) is 7.61. The molecule has 0 fully saturated rings. The lowest BCUT2D eigenvalue weighted by atomic mass is 9.96. The summed E-state index contributed by atoms with van der Waals surface area (Å²) in [5, 5.41) is 21.4. The Morgan fingerprint density at radius 1 is 1.29 bits per heavy atom. The Kier molecular flexibility index (Phi) is 5.40. The second-order valence-corrected chi connectivity index (χ2v) is 6.80. The molecular weight excluding hydrogens is 387 g/mol. The summed E-state index contributed by atoms with van der Waals surface area (Å²) in [4.78, 5) is 25.4. The van der Waals surface area contributed by atoms with E-state index in [1.807, 2.05) is 0 Å². The number of phenols is 1. The first kappa shape index (κ1) is 19.9. The minimum atomic E-state index is -0.920. The van der Waals surface area contributed by atoms with Crippen LogP contribution in [0, 0.1) is 12.7 Å². The van der Waals surface area contributed by atoms with Crippen molar-refractivity contribution < 1.29 is 24.2 Å². The number of benzene rings is 2. The predicted octanol–water partition coefficient (Wildman–Crippen LogP) is 3.31. The summed E-state index contributed by atoms with van der Waals surface area (Å²) in [6, 6.07) is 8.90. The van der Waals surface area contributed by atoms with Gasteiger partial charge in [0.15, 0.2) is 11.6 Å². The van der Waals surface area contributed by atoms with E-state index in [0.717, 1.165) is 6.07 Å². The van der Waals surface area contributed by atoms with E-state index in [4.69, 9.17) is 16.7 Å². The third-order valence-electron chi connectivity index (χ3n) is 4.69. The Hall–Kier alpha value is -2.90. The summed E-state index contributed by atoms with van der Waals surface area (Å²) >= 11 is 5.98. The molecule has 0 spiro atoms. The monoisotopic (exact) mass is 404 g/mol. The fourth-order valence-corrected chi connectivity index (χ4v) is 3.57. The van der Waals surface area contributed by atoms with Crippen molar-refractivity contribution in [1.82, 2.24) is 9.88 Å². The number of carbonyl (C=O) groups is 2. The highest BCUT2D eigenvalue weighted by molar-refractivity contribution is 6.31. The number of fused-ring (bicyclic) bond motifs is 1. The molecule has 0 saturated carbocycles. The smallest absolute Gasteiger partial charge is 0.262 e. The predicted molar refractivity (Wildman–Crippen MR) is 103 cm³/mol. The van der Waals surface area contributed by atoms with Gasteiger partial charge in [0.1, 0.15) is 6.73 Å². The molecule has 3 rings (SSSR count). The lowest BCUT2D eigenvalue weighted by molar-refractivity contribution is -0.123. The average molecular weight is 405 g/mol. The second-order valence-electron chi connectivity index (χ2n) is 6.36. The molecule has 28 heavy (non-hydrogen) atoms. The number of rotatable bonds is 4. The first-order valence-electron chi connectivity index (χ1n) is 8.49. The molecular formula is C20H18ClFN2O4. The van der Waals surface area contributed by atoms with Gasteiger partial charge < -0.3 is 15.5 Å². The topological polar surface area (TPSA) is 91.6 Å². The van der Waals surface area contributed by atoms with E-state index in [1.165, 1.54) is 23.6 Å². The average Bonchev–Trinajstić information content (AvgIpc) is 2.96. The van der Waals surface area contributed by atoms with Gasteiger partial charge in [-0.25, -0.2) is 4.39 Å². The van der Waals surface area contributed by atoms with Crippen LogP contribution in [0.5, 0.6) is 5.75 Å². The van der Waals surface area contributed by atoms with Crippen molar-refractivity contribution in [2.24, 2.45) is 0 Å². The van der Waals surface area contributed by atoms with E-state index in [9.17, 15) is 19.1 Å². The molecule has 2 aromatic carbocycles. The molecule has 0 unspecified atom stereocenters. The fraction of sp³-hybridized carbons (Fsp3) is 0.200. The Bertz CT molecular complexity index is 1090. The summed E-state index contributed by atoms with van der Waals surface area (Å²) in [5.41, 5.74) is 1.12. The number of aliphatic hydroxyl groups is 1. The molecule has 8 heteroatoms. The van der Waals surface area contributed by atoms with Gasteiger partial charge in [-0.05, 0) is 49.7 Å². The maximum atomic E-state index is 14.8. The van der Waals surface area contributed by atoms with Gasteiger partial charge in [-0.1, -0.05) is 17.7 Å². The van der Waals surface area contributed by atoms with Crippen molar-refractivity contribution in [3.05, 3.63) is 64.1 Å². The maximum Gasteiger partial charge on any atom is 0.262 e. The van der Waals surface area contributed by atoms with E-state index in [0.29, 0.717) is 16.3 Å². The number of hydrogen-bond acceptors (Lipinski definition) is 4. The highest BCUT2D eigenvalue weighted by Gasteiger charge is 2.29. The van der Waals surface area contributed by atoms with Crippen LogP contribution in [0.1, 0.15) is 34.5 Å². The Morgan fingerprint density at radius 2 is 2.00 bits per heavy atom. The molecule has 3 N–H and O–H groups in total. The van der Waals surface area contributed by atoms with Gasteiger partial charge in [0.25, 0.3) is 5.91 Å². The summed E-state index contributed by atoms with van der Waals surface area (Å²) in [6.45, 7) is 2.55. The molecule has 6 nitrogen and oxygen atoms in total. The van der Waals surface area contributed by atoms with E-state index >= 15 is 0 Å². The summed E-state index contributed by atoms with van der Waals surface area (Å²) in [7, 11) is 0. The van der Waals surface area contributed by atoms with Gasteiger partial charge >= 0.3 is 0 Å². The van der Waals surface area contributed by atoms with Crippen molar-refractivity contribution in [3.63, 3.8) is 0 Å². The number of halogens is 2. The van der Waals surface area contributed by atoms with Gasteiger partial charge in [0, 0.05) is 21.7 Å². The summed E-state index contributed by atoms with van der Waals surface area (Å²) in [5.74, 6) is -3.37. The molecule has 1 heterocycles. The zero-order valence-electron chi connectivity index (χ0n) is 15.2. The molecule has 0 aliphatic carbocycles. The van der Waals surface area contributed by atoms with E-state index < -0.39 is 36.0 Å². The number of nitrogens with zero attached hydrogens (tertiary/aromatic N) is 1.